The Morgan fingerprint density at radius 2 is 1.61 bits per heavy atom. The van der Waals surface area contributed by atoms with Gasteiger partial charge >= 0.3 is 130 Å². The van der Waals surface area contributed by atoms with Crippen LogP contribution in [0.25, 0.3) is 11.0 Å². The Labute approximate surface area is 130 Å². The van der Waals surface area contributed by atoms with E-state index in [9.17, 15) is 4.79 Å². The minimum absolute atomic E-state index is 0.193. The maximum atomic E-state index is 12.8. The second kappa shape index (κ2) is 0.942. The summed E-state index contributed by atoms with van der Waals surface area (Å²) < 4.78 is 8.04. The van der Waals surface area contributed by atoms with E-state index in [1.807, 2.05) is 24.3 Å². The van der Waals surface area contributed by atoms with Gasteiger partial charge in [0.05, 0.1) is 0 Å². The molecule has 116 valence electrons. The Kier molecular flexibility index (Phi) is 0.378. The molecule has 0 radical (unpaired) electrons. The molecule has 10 fully saturated rings. The predicted octanol–water partition coefficient (Wildman–Crippen LogP) is 5.35. The molecule has 10 aliphatic heterocycles. The molecule has 2 nitrogen and oxygen atoms in total. The monoisotopic (exact) mass is 408 g/mol. The zero-order chi connectivity index (χ0) is 14.4. The fourth-order valence-electron chi connectivity index (χ4n) is 18.2. The first-order valence-electron chi connectivity index (χ1n) is 8.87. The number of hydrogen-bond acceptors (Lipinski definition) is 2. The van der Waals surface area contributed by atoms with Crippen LogP contribution in [0.5, 0.6) is 0 Å². The summed E-state index contributed by atoms with van der Waals surface area (Å²) in [5.74, 6) is 1.20. The molecule has 11 heterocycles. The van der Waals surface area contributed by atoms with Gasteiger partial charge in [0.2, 0.25) is 0 Å². The molecular weight excluding hydrogens is 396 g/mol. The Hall–Kier alpha value is -0.571. The molecule has 1 aromatic heterocycles. The van der Waals surface area contributed by atoms with Crippen molar-refractivity contribution in [1.82, 2.24) is 0 Å². The molecule has 0 aliphatic carbocycles. The van der Waals surface area contributed by atoms with E-state index in [0.717, 1.165) is 25.1 Å². The normalized spacial score (nSPS) is 91.3. The van der Waals surface area contributed by atoms with Gasteiger partial charge < -0.3 is 0 Å². The van der Waals surface area contributed by atoms with Gasteiger partial charge in [0.1, 0.15) is 0 Å². The molecule has 0 N–H and O–H groups in total. The van der Waals surface area contributed by atoms with E-state index in [1.54, 1.807) is 0 Å². The van der Waals surface area contributed by atoms with Crippen LogP contribution in [0.3, 0.4) is 0 Å². The zero-order valence-corrected chi connectivity index (χ0v) is 14.7. The molecule has 1 spiro atoms. The summed E-state index contributed by atoms with van der Waals surface area (Å²) in [5, 5.41) is 0.745. The summed E-state index contributed by atoms with van der Waals surface area (Å²) in [6, 6.07) is 7.88. The van der Waals surface area contributed by atoms with Gasteiger partial charge in [0.25, 0.3) is 0 Å². The van der Waals surface area contributed by atoms with Crippen molar-refractivity contribution < 1.29 is 10.9 Å². The average molecular weight is 409 g/mol. The predicted molar refractivity (Wildman–Crippen MR) is 85.6 cm³/mol. The Bertz CT molecular complexity index is 1510. The Balaban J connectivity index is 1.36. The van der Waals surface area contributed by atoms with Crippen LogP contribution in [0.15, 0.2) is 37.9 Å². The topological polar surface area (TPSA) is 30.2 Å². The van der Waals surface area contributed by atoms with Gasteiger partial charge in [-0.05, 0) is 0 Å². The molecule has 4 heteroatoms. The van der Waals surface area contributed by atoms with Gasteiger partial charge in [-0.3, -0.25) is 0 Å². The molecule has 4 atom stereocenters. The van der Waals surface area contributed by atoms with Crippen molar-refractivity contribution in [3.05, 3.63) is 44.7 Å². The summed E-state index contributed by atoms with van der Waals surface area (Å²) in [6.45, 7) is -3.22. The van der Waals surface area contributed by atoms with Crippen LogP contribution in [-0.2, 0) is 10.8 Å². The van der Waals surface area contributed by atoms with Crippen LogP contribution < -0.4 is 5.43 Å². The van der Waals surface area contributed by atoms with Crippen LogP contribution in [-0.4, -0.2) is 0 Å². The van der Waals surface area contributed by atoms with E-state index in [2.05, 4.69) is 15.9 Å². The van der Waals surface area contributed by atoms with Crippen LogP contribution in [0.2, 0.25) is 43.3 Å². The van der Waals surface area contributed by atoms with E-state index < -0.39 is 6.51 Å². The van der Waals surface area contributed by atoms with Crippen LogP contribution in [0.4, 0.5) is 0 Å². The van der Waals surface area contributed by atoms with Crippen LogP contribution >= 0.6 is 15.9 Å². The molecule has 10 aliphatic rings. The quantitative estimate of drug-likeness (QED) is 0.595. The summed E-state index contributed by atoms with van der Waals surface area (Å²) >= 11 is 3.48. The first-order valence-corrected chi connectivity index (χ1v) is 16.0. The van der Waals surface area contributed by atoms with Gasteiger partial charge in [0, 0.05) is 0 Å². The summed E-state index contributed by atoms with van der Waals surface area (Å²) in [7, 11) is 0. The van der Waals surface area contributed by atoms with E-state index in [1.165, 1.54) is 39.5 Å². The molecular formula is C19H13BrFeO2. The van der Waals surface area contributed by atoms with Crippen molar-refractivity contribution >= 4 is 26.9 Å². The van der Waals surface area contributed by atoms with Gasteiger partial charge in [0.15, 0.2) is 0 Å². The van der Waals surface area contributed by atoms with Crippen molar-refractivity contribution in [2.45, 2.75) is 47.7 Å². The molecule has 10 saturated heterocycles. The number of fused-ring (bicyclic) bond motifs is 11. The number of benzene rings is 1. The van der Waals surface area contributed by atoms with E-state index in [-0.39, 0.29) is 5.43 Å². The third-order valence-electron chi connectivity index (χ3n) is 16.7. The Morgan fingerprint density at radius 3 is 2.13 bits per heavy atom. The fraction of sp³-hybridized carbons (Fsp3) is 0.526. The third kappa shape index (κ3) is 0.137. The summed E-state index contributed by atoms with van der Waals surface area (Å²) in [5.41, 5.74) is 1.02. The molecule has 0 saturated carbocycles. The number of rotatable bonds is 1. The first-order chi connectivity index (χ1) is 10.9. The van der Waals surface area contributed by atoms with E-state index in [0.29, 0.717) is 4.31 Å². The standard InChI is InChI=1S/C14H8BrO2.C5H5.Fe/c15-10-5-6-13-11(7-10)12(16)8-14(17-13)9-3-1-2-4-9;1-2-4-5-3-1;/h1-8H;1-5H;. The molecule has 12 rings (SSSR count). The number of halogens is 1. The summed E-state index contributed by atoms with van der Waals surface area (Å²) in [6.07, 6.45) is 0. The van der Waals surface area contributed by atoms with E-state index in [4.69, 9.17) is 4.42 Å². The second-order valence-electron chi connectivity index (χ2n) is 12.3. The van der Waals surface area contributed by atoms with Gasteiger partial charge in [-0.15, -0.1) is 0 Å². The molecule has 1 aromatic carbocycles. The molecule has 4 unspecified atom stereocenters. The van der Waals surface area contributed by atoms with Crippen molar-refractivity contribution in [1.29, 1.82) is 0 Å². The zero-order valence-electron chi connectivity index (χ0n) is 12.1. The fourth-order valence-corrected chi connectivity index (χ4v) is 92.4. The van der Waals surface area contributed by atoms with E-state index >= 15 is 0 Å². The van der Waals surface area contributed by atoms with Gasteiger partial charge in [-0.2, -0.15) is 0 Å². The van der Waals surface area contributed by atoms with Crippen molar-refractivity contribution in [2.24, 2.45) is 0 Å². The Morgan fingerprint density at radius 1 is 0.957 bits per heavy atom. The second-order valence-corrected chi connectivity index (χ2v) is 36.8. The maximum absolute atomic E-state index is 12.8. The third-order valence-corrected chi connectivity index (χ3v) is 59.6. The van der Waals surface area contributed by atoms with Crippen molar-refractivity contribution in [3.63, 3.8) is 0 Å². The first kappa shape index (κ1) is 9.22. The minimum atomic E-state index is -3.22. The number of hydrogen-bond donors (Lipinski definition) is 0. The van der Waals surface area contributed by atoms with Crippen molar-refractivity contribution in [3.8, 4) is 0 Å². The molecule has 2 aromatic rings. The van der Waals surface area contributed by atoms with Gasteiger partial charge in [-0.25, -0.2) is 0 Å². The van der Waals surface area contributed by atoms with Gasteiger partial charge in [-0.1, -0.05) is 0 Å². The molecule has 0 amide bonds. The van der Waals surface area contributed by atoms with Crippen LogP contribution in [0.1, 0.15) is 5.76 Å². The molecule has 0 bridgehead atoms. The van der Waals surface area contributed by atoms with Crippen LogP contribution in [0, 0.1) is 0 Å². The van der Waals surface area contributed by atoms with Crippen molar-refractivity contribution in [2.75, 3.05) is 0 Å². The summed E-state index contributed by atoms with van der Waals surface area (Å²) in [4.78, 5) is 24.0. The molecule has 23 heavy (non-hydrogen) atoms. The SMILES string of the molecule is O=c1cc([C]23[CH]4[CH]5[CH]6[CH]2[Fe]56432789[CH]3[CH]2[CH]7[CH]8[CH]39)oc2ccc(Br)cc12. The average Bonchev–Trinajstić information content (AvgIpc) is 3.47.